The maximum absolute atomic E-state index is 5.80. The number of aryl methyl sites for hydroxylation is 1. The average Bonchev–Trinajstić information content (AvgIpc) is 3.15. The fraction of sp³-hybridized carbons (Fsp3) is 0.250. The van der Waals surface area contributed by atoms with Crippen molar-refractivity contribution in [1.82, 2.24) is 14.8 Å². The van der Waals surface area contributed by atoms with Gasteiger partial charge >= 0.3 is 0 Å². The van der Waals surface area contributed by atoms with Crippen molar-refractivity contribution in [2.24, 2.45) is 0 Å². The Labute approximate surface area is 132 Å². The van der Waals surface area contributed by atoms with Gasteiger partial charge in [0, 0.05) is 4.88 Å². The number of nitrogens with two attached hydrogens (primary N) is 1. The molecule has 1 aromatic carbocycles. The lowest BCUT2D eigenvalue weighted by Crippen LogP contribution is -2.27. The highest BCUT2D eigenvalue weighted by atomic mass is 32.1. The van der Waals surface area contributed by atoms with Crippen LogP contribution in [0, 0.1) is 6.92 Å². The summed E-state index contributed by atoms with van der Waals surface area (Å²) in [5, 5.41) is 9.91. The summed E-state index contributed by atoms with van der Waals surface area (Å²) in [6.45, 7) is 2.10. The molecule has 3 aromatic rings. The van der Waals surface area contributed by atoms with Gasteiger partial charge in [-0.15, -0.1) is 16.4 Å². The van der Waals surface area contributed by atoms with Crippen molar-refractivity contribution in [2.45, 2.75) is 25.4 Å². The predicted octanol–water partition coefficient (Wildman–Crippen LogP) is 3.38. The van der Waals surface area contributed by atoms with Gasteiger partial charge in [0.05, 0.1) is 12.1 Å². The van der Waals surface area contributed by atoms with E-state index in [2.05, 4.69) is 64.1 Å². The van der Waals surface area contributed by atoms with E-state index in [0.717, 1.165) is 12.4 Å². The third kappa shape index (κ3) is 2.25. The molecule has 0 fully saturated rings. The molecule has 1 aliphatic rings. The van der Waals surface area contributed by atoms with Crippen LogP contribution < -0.4 is 11.1 Å². The van der Waals surface area contributed by atoms with Crippen molar-refractivity contribution in [2.75, 3.05) is 11.1 Å². The fourth-order valence-corrected chi connectivity index (χ4v) is 3.75. The third-order valence-electron chi connectivity index (χ3n) is 4.06. The smallest absolute Gasteiger partial charge is 0.241 e. The molecule has 0 unspecified atom stereocenters. The molecule has 0 saturated carbocycles. The number of thiophene rings is 1. The van der Waals surface area contributed by atoms with Gasteiger partial charge in [0.25, 0.3) is 0 Å². The standard InChI is InChI=1S/C16H17N5S/c1-10-4-6-11(7-5-10)12-9-13(14-3-2-8-22-14)21-16(18-12)19-15(17)20-21/h2-8,12-13H,9H2,1H3,(H3,17,18,19,20)/t12-,13-/m0/s1. The molecule has 0 bridgehead atoms. The molecule has 1 aliphatic heterocycles. The second-order valence-corrected chi connectivity index (χ2v) is 6.59. The molecule has 0 radical (unpaired) electrons. The summed E-state index contributed by atoms with van der Waals surface area (Å²) < 4.78 is 1.91. The van der Waals surface area contributed by atoms with Crippen molar-refractivity contribution in [3.63, 3.8) is 0 Å². The molecule has 6 heteroatoms. The molecule has 0 saturated heterocycles. The van der Waals surface area contributed by atoms with E-state index in [0.29, 0.717) is 5.95 Å². The Balaban J connectivity index is 1.74. The number of aromatic nitrogens is 3. The van der Waals surface area contributed by atoms with Gasteiger partial charge < -0.3 is 11.1 Å². The summed E-state index contributed by atoms with van der Waals surface area (Å²) in [6, 6.07) is 13.2. The van der Waals surface area contributed by atoms with Gasteiger partial charge in [-0.3, -0.25) is 0 Å². The Kier molecular flexibility index (Phi) is 3.11. The van der Waals surface area contributed by atoms with E-state index in [1.807, 2.05) is 4.68 Å². The molecule has 4 rings (SSSR count). The van der Waals surface area contributed by atoms with E-state index < -0.39 is 0 Å². The minimum absolute atomic E-state index is 0.173. The lowest BCUT2D eigenvalue weighted by Gasteiger charge is -2.31. The number of nitrogen functional groups attached to an aromatic ring is 1. The first-order chi connectivity index (χ1) is 10.7. The van der Waals surface area contributed by atoms with E-state index in [-0.39, 0.29) is 12.1 Å². The van der Waals surface area contributed by atoms with Gasteiger partial charge in [0.1, 0.15) is 0 Å². The minimum Gasteiger partial charge on any atom is -0.366 e. The largest absolute Gasteiger partial charge is 0.366 e. The average molecular weight is 311 g/mol. The van der Waals surface area contributed by atoms with Crippen molar-refractivity contribution in [3.8, 4) is 0 Å². The quantitative estimate of drug-likeness (QED) is 0.761. The summed E-state index contributed by atoms with van der Waals surface area (Å²) in [7, 11) is 0. The Bertz CT molecular complexity index is 775. The van der Waals surface area contributed by atoms with Gasteiger partial charge in [-0.2, -0.15) is 4.98 Å². The first-order valence-electron chi connectivity index (χ1n) is 7.29. The molecule has 2 aromatic heterocycles. The van der Waals surface area contributed by atoms with E-state index >= 15 is 0 Å². The van der Waals surface area contributed by atoms with Crippen molar-refractivity contribution in [1.29, 1.82) is 0 Å². The Hall–Kier alpha value is -2.34. The van der Waals surface area contributed by atoms with Gasteiger partial charge in [-0.25, -0.2) is 4.68 Å². The zero-order valence-electron chi connectivity index (χ0n) is 12.2. The van der Waals surface area contributed by atoms with Gasteiger partial charge in [-0.1, -0.05) is 35.9 Å². The number of hydrogen-bond donors (Lipinski definition) is 2. The SMILES string of the molecule is Cc1ccc([C@@H]2C[C@@H](c3cccs3)n3nc(N)nc3N2)cc1. The highest BCUT2D eigenvalue weighted by molar-refractivity contribution is 7.10. The summed E-state index contributed by atoms with van der Waals surface area (Å²) in [6.07, 6.45) is 0.930. The highest BCUT2D eigenvalue weighted by Gasteiger charge is 2.31. The molecular weight excluding hydrogens is 294 g/mol. The molecular formula is C16H17N5S. The second kappa shape index (κ2) is 5.14. The van der Waals surface area contributed by atoms with Crippen LogP contribution in [0.4, 0.5) is 11.9 Å². The Morgan fingerprint density at radius 2 is 2.09 bits per heavy atom. The Morgan fingerprint density at radius 3 is 2.82 bits per heavy atom. The van der Waals surface area contributed by atoms with E-state index in [9.17, 15) is 0 Å². The van der Waals surface area contributed by atoms with Crippen LogP contribution in [0.3, 0.4) is 0 Å². The number of rotatable bonds is 2. The topological polar surface area (TPSA) is 68.8 Å². The number of hydrogen-bond acceptors (Lipinski definition) is 5. The van der Waals surface area contributed by atoms with Crippen molar-refractivity contribution >= 4 is 23.2 Å². The van der Waals surface area contributed by atoms with Crippen LogP contribution in [-0.4, -0.2) is 14.8 Å². The highest BCUT2D eigenvalue weighted by Crippen LogP contribution is 2.39. The van der Waals surface area contributed by atoms with Crippen molar-refractivity contribution < 1.29 is 0 Å². The van der Waals surface area contributed by atoms with E-state index in [1.165, 1.54) is 16.0 Å². The van der Waals surface area contributed by atoms with E-state index in [4.69, 9.17) is 5.73 Å². The Morgan fingerprint density at radius 1 is 1.27 bits per heavy atom. The molecule has 22 heavy (non-hydrogen) atoms. The van der Waals surface area contributed by atoms with Crippen LogP contribution in [0.2, 0.25) is 0 Å². The normalized spacial score (nSPS) is 20.4. The zero-order chi connectivity index (χ0) is 15.1. The molecule has 0 amide bonds. The van der Waals surface area contributed by atoms with Crippen LogP contribution in [-0.2, 0) is 0 Å². The summed E-state index contributed by atoms with van der Waals surface area (Å²) in [4.78, 5) is 5.61. The summed E-state index contributed by atoms with van der Waals surface area (Å²) >= 11 is 1.74. The van der Waals surface area contributed by atoms with Crippen LogP contribution in [0.5, 0.6) is 0 Å². The minimum atomic E-state index is 0.173. The van der Waals surface area contributed by atoms with Crippen LogP contribution in [0.25, 0.3) is 0 Å². The maximum atomic E-state index is 5.80. The lowest BCUT2D eigenvalue weighted by atomic mass is 9.96. The fourth-order valence-electron chi connectivity index (χ4n) is 2.93. The summed E-state index contributed by atoms with van der Waals surface area (Å²) in [5.41, 5.74) is 8.33. The molecule has 0 spiro atoms. The predicted molar refractivity (Wildman–Crippen MR) is 89.1 cm³/mol. The molecule has 3 heterocycles. The molecule has 5 nitrogen and oxygen atoms in total. The number of nitrogens with zero attached hydrogens (tertiary/aromatic N) is 3. The first kappa shape index (κ1) is 13.3. The zero-order valence-corrected chi connectivity index (χ0v) is 13.0. The molecule has 3 N–H and O–H groups in total. The van der Waals surface area contributed by atoms with Crippen LogP contribution >= 0.6 is 11.3 Å². The van der Waals surface area contributed by atoms with Gasteiger partial charge in [0.15, 0.2) is 0 Å². The lowest BCUT2D eigenvalue weighted by molar-refractivity contribution is 0.437. The van der Waals surface area contributed by atoms with Crippen molar-refractivity contribution in [3.05, 3.63) is 57.8 Å². The number of nitrogens with one attached hydrogen (secondary N) is 1. The van der Waals surface area contributed by atoms with Gasteiger partial charge in [-0.05, 0) is 30.4 Å². The van der Waals surface area contributed by atoms with Crippen LogP contribution in [0.15, 0.2) is 41.8 Å². The molecule has 2 atom stereocenters. The number of anilines is 2. The molecule has 112 valence electrons. The van der Waals surface area contributed by atoms with Crippen LogP contribution in [0.1, 0.15) is 34.5 Å². The monoisotopic (exact) mass is 311 g/mol. The van der Waals surface area contributed by atoms with E-state index in [1.54, 1.807) is 11.3 Å². The number of fused-ring (bicyclic) bond motifs is 1. The summed E-state index contributed by atoms with van der Waals surface area (Å²) in [5.74, 6) is 1.06. The maximum Gasteiger partial charge on any atom is 0.241 e. The number of benzene rings is 1. The third-order valence-corrected chi connectivity index (χ3v) is 5.03. The second-order valence-electron chi connectivity index (χ2n) is 5.61. The molecule has 0 aliphatic carbocycles. The first-order valence-corrected chi connectivity index (χ1v) is 8.17. The van der Waals surface area contributed by atoms with Gasteiger partial charge in [0.2, 0.25) is 11.9 Å².